The summed E-state index contributed by atoms with van der Waals surface area (Å²) in [6.45, 7) is 1.93. The fourth-order valence-corrected chi connectivity index (χ4v) is 1.85. The van der Waals surface area contributed by atoms with Gasteiger partial charge in [-0.1, -0.05) is 13.0 Å². The van der Waals surface area contributed by atoms with Gasteiger partial charge in [0.2, 0.25) is 0 Å². The quantitative estimate of drug-likeness (QED) is 0.810. The van der Waals surface area contributed by atoms with Crippen LogP contribution in [0.5, 0.6) is 0 Å². The second kappa shape index (κ2) is 4.48. The Bertz CT molecular complexity index is 631. The molecule has 0 spiro atoms. The van der Waals surface area contributed by atoms with Crippen LogP contribution in [0.3, 0.4) is 0 Å². The number of rotatable bonds is 2. The van der Waals surface area contributed by atoms with Crippen LogP contribution in [0.1, 0.15) is 23.0 Å². The Morgan fingerprint density at radius 3 is 2.72 bits per heavy atom. The lowest BCUT2D eigenvalue weighted by atomic mass is 10.1. The molecule has 0 radical (unpaired) electrons. The largest absolute Gasteiger partial charge is 0.465 e. The third-order valence-electron chi connectivity index (χ3n) is 2.72. The van der Waals surface area contributed by atoms with Crippen LogP contribution >= 0.6 is 0 Å². The number of hydrogen-bond donors (Lipinski definition) is 1. The molecule has 0 aliphatic rings. The van der Waals surface area contributed by atoms with Crippen LogP contribution < -0.4 is 5.73 Å². The standard InChI is InChI=1S/C12H13N3O3/c1-3-9-8-5-4-7(11(16)18-2)6-10(8)15(14-9)12(13)17/h4-6H,3H2,1-2H3,(H2,13,17). The molecule has 6 nitrogen and oxygen atoms in total. The molecule has 0 atom stereocenters. The Morgan fingerprint density at radius 1 is 1.44 bits per heavy atom. The normalized spacial score (nSPS) is 10.6. The minimum atomic E-state index is -0.679. The maximum atomic E-state index is 11.4. The first-order valence-corrected chi connectivity index (χ1v) is 5.48. The van der Waals surface area contributed by atoms with Crippen LogP contribution in [-0.2, 0) is 11.2 Å². The number of ether oxygens (including phenoxy) is 1. The highest BCUT2D eigenvalue weighted by molar-refractivity contribution is 5.97. The molecule has 2 rings (SSSR count). The van der Waals surface area contributed by atoms with Crippen LogP contribution in [0.4, 0.5) is 4.79 Å². The topological polar surface area (TPSA) is 87.2 Å². The van der Waals surface area contributed by atoms with Gasteiger partial charge in [0.25, 0.3) is 0 Å². The lowest BCUT2D eigenvalue weighted by Gasteiger charge is -2.00. The van der Waals surface area contributed by atoms with Crippen molar-refractivity contribution in [1.29, 1.82) is 0 Å². The number of carbonyl (C=O) groups excluding carboxylic acids is 2. The Balaban J connectivity index is 2.70. The molecule has 0 saturated heterocycles. The number of amides is 1. The van der Waals surface area contributed by atoms with Crippen molar-refractivity contribution in [3.05, 3.63) is 29.5 Å². The monoisotopic (exact) mass is 247 g/mol. The summed E-state index contributed by atoms with van der Waals surface area (Å²) in [6.07, 6.45) is 0.675. The number of nitrogens with zero attached hydrogens (tertiary/aromatic N) is 2. The molecule has 0 saturated carbocycles. The summed E-state index contributed by atoms with van der Waals surface area (Å²) < 4.78 is 5.73. The van der Waals surface area contributed by atoms with Crippen molar-refractivity contribution in [2.45, 2.75) is 13.3 Å². The van der Waals surface area contributed by atoms with E-state index >= 15 is 0 Å². The SMILES string of the molecule is CCc1nn(C(N)=O)c2cc(C(=O)OC)ccc12. The van der Waals surface area contributed by atoms with Gasteiger partial charge in [-0.2, -0.15) is 9.78 Å². The summed E-state index contributed by atoms with van der Waals surface area (Å²) in [5, 5.41) is 4.93. The molecule has 1 heterocycles. The van der Waals surface area contributed by atoms with Crippen molar-refractivity contribution in [3.63, 3.8) is 0 Å². The number of carbonyl (C=O) groups is 2. The first-order valence-electron chi connectivity index (χ1n) is 5.48. The minimum absolute atomic E-state index is 0.357. The molecule has 6 heteroatoms. The fraction of sp³-hybridized carbons (Fsp3) is 0.250. The van der Waals surface area contributed by atoms with Crippen molar-refractivity contribution in [2.24, 2.45) is 5.73 Å². The van der Waals surface area contributed by atoms with Gasteiger partial charge in [0, 0.05) is 5.39 Å². The van der Waals surface area contributed by atoms with E-state index in [0.717, 1.165) is 15.8 Å². The van der Waals surface area contributed by atoms with Crippen LogP contribution in [0.25, 0.3) is 10.9 Å². The lowest BCUT2D eigenvalue weighted by molar-refractivity contribution is 0.0601. The van der Waals surface area contributed by atoms with Crippen LogP contribution in [-0.4, -0.2) is 28.9 Å². The van der Waals surface area contributed by atoms with Crippen molar-refractivity contribution in [3.8, 4) is 0 Å². The molecule has 0 unspecified atom stereocenters. The summed E-state index contributed by atoms with van der Waals surface area (Å²) in [5.74, 6) is -0.466. The first kappa shape index (κ1) is 12.1. The number of primary amides is 1. The Kier molecular flexibility index (Phi) is 3.01. The molecule has 0 fully saturated rings. The van der Waals surface area contributed by atoms with E-state index in [1.165, 1.54) is 7.11 Å². The number of aryl methyl sites for hydroxylation is 1. The summed E-state index contributed by atoms with van der Waals surface area (Å²) >= 11 is 0. The van der Waals surface area contributed by atoms with Crippen LogP contribution in [0.15, 0.2) is 18.2 Å². The number of fused-ring (bicyclic) bond motifs is 1. The Labute approximate surface area is 103 Å². The highest BCUT2D eigenvalue weighted by Crippen LogP contribution is 2.21. The second-order valence-corrected chi connectivity index (χ2v) is 3.77. The zero-order valence-electron chi connectivity index (χ0n) is 10.1. The minimum Gasteiger partial charge on any atom is -0.465 e. The third kappa shape index (κ3) is 1.81. The predicted octanol–water partition coefficient (Wildman–Crippen LogP) is 1.31. The molecule has 94 valence electrons. The molecule has 1 amide bonds. The number of hydrogen-bond acceptors (Lipinski definition) is 4. The average molecular weight is 247 g/mol. The number of aromatic nitrogens is 2. The molecule has 18 heavy (non-hydrogen) atoms. The van der Waals surface area contributed by atoms with E-state index in [9.17, 15) is 9.59 Å². The van der Waals surface area contributed by atoms with Gasteiger partial charge in [0.1, 0.15) is 0 Å². The third-order valence-corrected chi connectivity index (χ3v) is 2.72. The number of nitrogens with two attached hydrogens (primary N) is 1. The van der Waals surface area contributed by atoms with Crippen LogP contribution in [0.2, 0.25) is 0 Å². The molecule has 0 aliphatic carbocycles. The molecule has 2 N–H and O–H groups in total. The summed E-state index contributed by atoms with van der Waals surface area (Å²) in [5.41, 5.74) is 6.89. The molecular formula is C12H13N3O3. The van der Waals surface area contributed by atoms with Gasteiger partial charge in [-0.3, -0.25) is 0 Å². The fourth-order valence-electron chi connectivity index (χ4n) is 1.85. The summed E-state index contributed by atoms with van der Waals surface area (Å²) in [4.78, 5) is 22.7. The second-order valence-electron chi connectivity index (χ2n) is 3.77. The van der Waals surface area contributed by atoms with E-state index < -0.39 is 12.0 Å². The maximum Gasteiger partial charge on any atom is 0.340 e. The van der Waals surface area contributed by atoms with Crippen molar-refractivity contribution in [1.82, 2.24) is 9.78 Å². The Hall–Kier alpha value is -2.37. The average Bonchev–Trinajstić information content (AvgIpc) is 2.75. The van der Waals surface area contributed by atoms with Crippen LogP contribution in [0, 0.1) is 0 Å². The van der Waals surface area contributed by atoms with E-state index in [4.69, 9.17) is 5.73 Å². The highest BCUT2D eigenvalue weighted by atomic mass is 16.5. The van der Waals surface area contributed by atoms with Gasteiger partial charge in [-0.15, -0.1) is 0 Å². The van der Waals surface area contributed by atoms with E-state index in [2.05, 4.69) is 9.84 Å². The van der Waals surface area contributed by atoms with Gasteiger partial charge >= 0.3 is 12.0 Å². The number of methoxy groups -OCH3 is 1. The van der Waals surface area contributed by atoms with Gasteiger partial charge in [-0.05, 0) is 18.6 Å². The highest BCUT2D eigenvalue weighted by Gasteiger charge is 2.15. The number of esters is 1. The van der Waals surface area contributed by atoms with Crippen molar-refractivity contribution in [2.75, 3.05) is 7.11 Å². The molecule has 1 aromatic carbocycles. The van der Waals surface area contributed by atoms with Gasteiger partial charge in [-0.25, -0.2) is 9.59 Å². The zero-order chi connectivity index (χ0) is 13.3. The first-order chi connectivity index (χ1) is 8.58. The van der Waals surface area contributed by atoms with Gasteiger partial charge in [0.15, 0.2) is 0 Å². The summed E-state index contributed by atoms with van der Waals surface area (Å²) in [7, 11) is 1.30. The summed E-state index contributed by atoms with van der Waals surface area (Å²) in [6, 6.07) is 4.26. The lowest BCUT2D eigenvalue weighted by Crippen LogP contribution is -2.20. The van der Waals surface area contributed by atoms with E-state index in [1.807, 2.05) is 6.92 Å². The molecule has 2 aromatic rings. The van der Waals surface area contributed by atoms with E-state index in [0.29, 0.717) is 17.5 Å². The molecular weight excluding hydrogens is 234 g/mol. The predicted molar refractivity (Wildman–Crippen MR) is 65.4 cm³/mol. The molecule has 1 aromatic heterocycles. The number of benzene rings is 1. The Morgan fingerprint density at radius 2 is 2.17 bits per heavy atom. The van der Waals surface area contributed by atoms with Gasteiger partial charge < -0.3 is 10.5 Å². The van der Waals surface area contributed by atoms with E-state index in [-0.39, 0.29) is 0 Å². The van der Waals surface area contributed by atoms with E-state index in [1.54, 1.807) is 18.2 Å². The van der Waals surface area contributed by atoms with Crippen molar-refractivity contribution >= 4 is 22.9 Å². The maximum absolute atomic E-state index is 11.4. The molecule has 0 bridgehead atoms. The molecule has 0 aliphatic heterocycles. The smallest absolute Gasteiger partial charge is 0.340 e. The van der Waals surface area contributed by atoms with Gasteiger partial charge in [0.05, 0.1) is 23.9 Å². The zero-order valence-corrected chi connectivity index (χ0v) is 10.1. The van der Waals surface area contributed by atoms with Crippen molar-refractivity contribution < 1.29 is 14.3 Å².